The molecule has 0 saturated heterocycles. The zero-order valence-electron chi connectivity index (χ0n) is 12.9. The predicted octanol–water partition coefficient (Wildman–Crippen LogP) is 4.15. The lowest BCUT2D eigenvalue weighted by molar-refractivity contribution is 0.590. The smallest absolute Gasteiger partial charge is 0.220 e. The van der Waals surface area contributed by atoms with Crippen molar-refractivity contribution in [2.24, 2.45) is 0 Å². The second-order valence-electron chi connectivity index (χ2n) is 6.52. The van der Waals surface area contributed by atoms with Crippen LogP contribution in [0.3, 0.4) is 0 Å². The van der Waals surface area contributed by atoms with Gasteiger partial charge in [-0.25, -0.2) is 9.97 Å². The van der Waals surface area contributed by atoms with E-state index in [1.54, 1.807) is 0 Å². The van der Waals surface area contributed by atoms with E-state index in [4.69, 9.17) is 5.73 Å². The molecule has 3 nitrogen and oxygen atoms in total. The maximum absolute atomic E-state index is 5.81. The Hall–Kier alpha value is -1.90. The highest BCUT2D eigenvalue weighted by atomic mass is 15.0. The summed E-state index contributed by atoms with van der Waals surface area (Å²) in [5.41, 5.74) is 10.2. The van der Waals surface area contributed by atoms with Crippen molar-refractivity contribution >= 4 is 5.95 Å². The van der Waals surface area contributed by atoms with Crippen molar-refractivity contribution in [2.75, 3.05) is 5.73 Å². The molecule has 0 radical (unpaired) electrons. The first-order chi connectivity index (χ1) is 9.27. The fraction of sp³-hybridized carbons (Fsp3) is 0.412. The molecule has 0 saturated carbocycles. The summed E-state index contributed by atoms with van der Waals surface area (Å²) in [6.45, 7) is 10.8. The van der Waals surface area contributed by atoms with Crippen LogP contribution in [0.15, 0.2) is 30.3 Å². The van der Waals surface area contributed by atoms with Gasteiger partial charge in [0, 0.05) is 11.3 Å². The van der Waals surface area contributed by atoms with E-state index in [0.29, 0.717) is 11.9 Å². The molecule has 0 bridgehead atoms. The second-order valence-corrected chi connectivity index (χ2v) is 6.52. The number of hydrogen-bond acceptors (Lipinski definition) is 3. The number of rotatable bonds is 2. The molecule has 20 heavy (non-hydrogen) atoms. The number of nitrogens with two attached hydrogens (primary N) is 1. The topological polar surface area (TPSA) is 51.8 Å². The zero-order valence-corrected chi connectivity index (χ0v) is 12.9. The number of hydrogen-bond donors (Lipinski definition) is 1. The van der Waals surface area contributed by atoms with E-state index in [9.17, 15) is 0 Å². The van der Waals surface area contributed by atoms with Crippen molar-refractivity contribution in [1.29, 1.82) is 0 Å². The Labute approximate surface area is 121 Å². The summed E-state index contributed by atoms with van der Waals surface area (Å²) in [7, 11) is 0. The van der Waals surface area contributed by atoms with Crippen LogP contribution in [0.25, 0.3) is 11.3 Å². The van der Waals surface area contributed by atoms with Gasteiger partial charge in [0.15, 0.2) is 0 Å². The summed E-state index contributed by atoms with van der Waals surface area (Å²) in [6, 6.07) is 10.5. The van der Waals surface area contributed by atoms with Gasteiger partial charge < -0.3 is 5.73 Å². The molecule has 0 aliphatic carbocycles. The van der Waals surface area contributed by atoms with Crippen molar-refractivity contribution in [3.05, 3.63) is 41.6 Å². The molecule has 1 aromatic heterocycles. The Morgan fingerprint density at radius 2 is 1.60 bits per heavy atom. The molecule has 1 heterocycles. The van der Waals surface area contributed by atoms with Gasteiger partial charge in [0.1, 0.15) is 0 Å². The van der Waals surface area contributed by atoms with Gasteiger partial charge in [0.05, 0.1) is 5.69 Å². The Balaban J connectivity index is 2.41. The number of benzene rings is 1. The Kier molecular flexibility index (Phi) is 3.80. The minimum absolute atomic E-state index is 0.159. The highest BCUT2D eigenvalue weighted by Crippen LogP contribution is 2.26. The van der Waals surface area contributed by atoms with Crippen LogP contribution < -0.4 is 5.73 Å². The summed E-state index contributed by atoms with van der Waals surface area (Å²) >= 11 is 0. The van der Waals surface area contributed by atoms with E-state index in [-0.39, 0.29) is 5.41 Å². The molecule has 2 N–H and O–H groups in total. The third-order valence-corrected chi connectivity index (χ3v) is 3.40. The van der Waals surface area contributed by atoms with E-state index >= 15 is 0 Å². The van der Waals surface area contributed by atoms with Gasteiger partial charge in [-0.05, 0) is 23.0 Å². The van der Waals surface area contributed by atoms with E-state index < -0.39 is 0 Å². The minimum Gasteiger partial charge on any atom is -0.368 e. The molecule has 106 valence electrons. The van der Waals surface area contributed by atoms with Crippen LogP contribution in [0.1, 0.15) is 51.8 Å². The highest BCUT2D eigenvalue weighted by Gasteiger charge is 2.14. The molecule has 0 aliphatic heterocycles. The first-order valence-electron chi connectivity index (χ1n) is 7.03. The molecule has 0 spiro atoms. The summed E-state index contributed by atoms with van der Waals surface area (Å²) in [5.74, 6) is 0.680. The normalized spacial score (nSPS) is 11.9. The van der Waals surface area contributed by atoms with Crippen LogP contribution >= 0.6 is 0 Å². The molecular weight excluding hydrogens is 246 g/mol. The van der Waals surface area contributed by atoms with E-state index in [0.717, 1.165) is 17.0 Å². The maximum atomic E-state index is 5.81. The monoisotopic (exact) mass is 269 g/mol. The summed E-state index contributed by atoms with van der Waals surface area (Å²) in [4.78, 5) is 8.63. The number of nitrogen functional groups attached to an aromatic ring is 1. The van der Waals surface area contributed by atoms with Gasteiger partial charge in [-0.3, -0.25) is 0 Å². The van der Waals surface area contributed by atoms with Gasteiger partial charge in [-0.2, -0.15) is 0 Å². The molecule has 0 fully saturated rings. The number of aromatic nitrogens is 2. The fourth-order valence-corrected chi connectivity index (χ4v) is 2.07. The van der Waals surface area contributed by atoms with Gasteiger partial charge >= 0.3 is 0 Å². The van der Waals surface area contributed by atoms with E-state index in [1.165, 1.54) is 5.56 Å². The van der Waals surface area contributed by atoms with Crippen LogP contribution in [0, 0.1) is 0 Å². The predicted molar refractivity (Wildman–Crippen MR) is 84.7 cm³/mol. The Bertz CT molecular complexity index is 593. The van der Waals surface area contributed by atoms with Crippen LogP contribution in [-0.4, -0.2) is 9.97 Å². The second kappa shape index (κ2) is 5.23. The Morgan fingerprint density at radius 3 is 2.10 bits per heavy atom. The number of anilines is 1. The first-order valence-corrected chi connectivity index (χ1v) is 7.03. The van der Waals surface area contributed by atoms with Crippen molar-refractivity contribution in [3.63, 3.8) is 0 Å². The molecule has 1 aromatic carbocycles. The molecular formula is C17H23N3. The summed E-state index contributed by atoms with van der Waals surface area (Å²) in [5, 5.41) is 0. The van der Waals surface area contributed by atoms with Gasteiger partial charge in [-0.15, -0.1) is 0 Å². The molecule has 0 aliphatic rings. The van der Waals surface area contributed by atoms with E-state index in [2.05, 4.69) is 68.9 Å². The third-order valence-electron chi connectivity index (χ3n) is 3.40. The van der Waals surface area contributed by atoms with Crippen LogP contribution in [0.4, 0.5) is 5.95 Å². The lowest BCUT2D eigenvalue weighted by atomic mass is 9.86. The molecule has 0 atom stereocenters. The lowest BCUT2D eigenvalue weighted by Crippen LogP contribution is -2.10. The van der Waals surface area contributed by atoms with Crippen molar-refractivity contribution in [2.45, 2.75) is 46.0 Å². The standard InChI is InChI=1S/C17H23N3/c1-11(2)14-10-15(20-16(18)19-14)12-6-8-13(9-7-12)17(3,4)5/h6-11H,1-5H3,(H2,18,19,20). The lowest BCUT2D eigenvalue weighted by Gasteiger charge is -2.19. The van der Waals surface area contributed by atoms with Crippen LogP contribution in [0.5, 0.6) is 0 Å². The van der Waals surface area contributed by atoms with Crippen LogP contribution in [0.2, 0.25) is 0 Å². The first kappa shape index (κ1) is 14.5. The highest BCUT2D eigenvalue weighted by molar-refractivity contribution is 5.61. The quantitative estimate of drug-likeness (QED) is 0.891. The molecule has 2 rings (SSSR count). The van der Waals surface area contributed by atoms with Crippen molar-refractivity contribution in [3.8, 4) is 11.3 Å². The maximum Gasteiger partial charge on any atom is 0.220 e. The fourth-order valence-electron chi connectivity index (χ4n) is 2.07. The van der Waals surface area contributed by atoms with E-state index in [1.807, 2.05) is 6.07 Å². The van der Waals surface area contributed by atoms with Crippen molar-refractivity contribution in [1.82, 2.24) is 9.97 Å². The number of nitrogens with zero attached hydrogens (tertiary/aromatic N) is 2. The largest absolute Gasteiger partial charge is 0.368 e. The van der Waals surface area contributed by atoms with Gasteiger partial charge in [0.25, 0.3) is 0 Å². The van der Waals surface area contributed by atoms with Gasteiger partial charge in [-0.1, -0.05) is 58.9 Å². The molecule has 0 unspecified atom stereocenters. The SMILES string of the molecule is CC(C)c1cc(-c2ccc(C(C)(C)C)cc2)nc(N)n1. The third kappa shape index (κ3) is 3.16. The molecule has 3 heteroatoms. The average molecular weight is 269 g/mol. The molecule has 2 aromatic rings. The van der Waals surface area contributed by atoms with Gasteiger partial charge in [0.2, 0.25) is 5.95 Å². The zero-order chi connectivity index (χ0) is 14.9. The van der Waals surface area contributed by atoms with Crippen LogP contribution in [-0.2, 0) is 5.41 Å². The minimum atomic E-state index is 0.159. The average Bonchev–Trinajstić information content (AvgIpc) is 2.37. The molecule has 0 amide bonds. The summed E-state index contributed by atoms with van der Waals surface area (Å²) < 4.78 is 0. The summed E-state index contributed by atoms with van der Waals surface area (Å²) in [6.07, 6.45) is 0. The Morgan fingerprint density at radius 1 is 1.00 bits per heavy atom. The van der Waals surface area contributed by atoms with Crippen molar-refractivity contribution < 1.29 is 0 Å².